The minimum Gasteiger partial charge on any atom is -0.355 e. The zero-order valence-electron chi connectivity index (χ0n) is 10.6. The number of hydrogen-bond acceptors (Lipinski definition) is 4. The maximum absolute atomic E-state index is 11.6. The van der Waals surface area contributed by atoms with Gasteiger partial charge in [-0.05, 0) is 54.4 Å². The third-order valence-electron chi connectivity index (χ3n) is 3.28. The number of nitrogens with one attached hydrogen (secondary N) is 2. The molecule has 100 valence electrons. The van der Waals surface area contributed by atoms with Gasteiger partial charge in [0.05, 0.1) is 6.33 Å². The molecule has 0 spiro atoms. The summed E-state index contributed by atoms with van der Waals surface area (Å²) in [6.07, 6.45) is 3.91. The van der Waals surface area contributed by atoms with Gasteiger partial charge < -0.3 is 15.2 Å². The number of anilines is 1. The van der Waals surface area contributed by atoms with Crippen molar-refractivity contribution in [3.63, 3.8) is 0 Å². The molecule has 0 bridgehead atoms. The second kappa shape index (κ2) is 6.51. The first-order chi connectivity index (χ1) is 8.72. The van der Waals surface area contributed by atoms with E-state index in [1.807, 2.05) is 0 Å². The van der Waals surface area contributed by atoms with Crippen LogP contribution < -0.4 is 15.8 Å². The van der Waals surface area contributed by atoms with Crippen LogP contribution in [0.3, 0.4) is 0 Å². The number of piperidine rings is 1. The summed E-state index contributed by atoms with van der Waals surface area (Å²) in [5.41, 5.74) is -0.0468. The Bertz CT molecular complexity index is 448. The third-order valence-corrected chi connectivity index (χ3v) is 4.25. The molecule has 5 nitrogen and oxygen atoms in total. The minimum atomic E-state index is -0.0468. The van der Waals surface area contributed by atoms with E-state index in [1.54, 1.807) is 0 Å². The predicted octanol–water partition coefficient (Wildman–Crippen LogP) is 1.20. The van der Waals surface area contributed by atoms with E-state index in [0.717, 1.165) is 32.0 Å². The van der Waals surface area contributed by atoms with Crippen LogP contribution >= 0.6 is 22.6 Å². The van der Waals surface area contributed by atoms with Crippen molar-refractivity contribution in [2.45, 2.75) is 19.8 Å². The average Bonchev–Trinajstić information content (AvgIpc) is 2.40. The van der Waals surface area contributed by atoms with Crippen LogP contribution in [0.15, 0.2) is 11.1 Å². The molecule has 0 aliphatic carbocycles. The van der Waals surface area contributed by atoms with Gasteiger partial charge in [-0.25, -0.2) is 4.98 Å². The summed E-state index contributed by atoms with van der Waals surface area (Å²) in [6, 6.07) is 0. The zero-order valence-corrected chi connectivity index (χ0v) is 12.7. The number of aromatic nitrogens is 2. The molecule has 0 aromatic carbocycles. The quantitative estimate of drug-likeness (QED) is 0.791. The number of halogens is 1. The van der Waals surface area contributed by atoms with Gasteiger partial charge in [0.2, 0.25) is 0 Å². The number of hydrogen-bond donors (Lipinski definition) is 2. The maximum atomic E-state index is 11.6. The molecular weight excluding hydrogens is 343 g/mol. The van der Waals surface area contributed by atoms with E-state index in [4.69, 9.17) is 0 Å². The lowest BCUT2D eigenvalue weighted by Gasteiger charge is -2.33. The highest BCUT2D eigenvalue weighted by Crippen LogP contribution is 2.23. The Hall–Kier alpha value is -0.630. The Morgan fingerprint density at radius 2 is 2.50 bits per heavy atom. The lowest BCUT2D eigenvalue weighted by molar-refractivity contribution is 0.393. The second-order valence-corrected chi connectivity index (χ2v) is 5.71. The van der Waals surface area contributed by atoms with Gasteiger partial charge in [-0.3, -0.25) is 4.79 Å². The Kier molecular flexibility index (Phi) is 4.99. The predicted molar refractivity (Wildman–Crippen MR) is 81.1 cm³/mol. The molecule has 18 heavy (non-hydrogen) atoms. The summed E-state index contributed by atoms with van der Waals surface area (Å²) in [5, 5.41) is 3.40. The first kappa shape index (κ1) is 13.8. The Morgan fingerprint density at radius 3 is 3.28 bits per heavy atom. The van der Waals surface area contributed by atoms with Gasteiger partial charge in [0.15, 0.2) is 0 Å². The number of aromatic amines is 1. The van der Waals surface area contributed by atoms with Crippen LogP contribution in [-0.4, -0.2) is 36.1 Å². The number of nitrogens with zero attached hydrogens (tertiary/aromatic N) is 2. The normalized spacial score (nSPS) is 20.1. The number of H-pyrrole nitrogens is 1. The monoisotopic (exact) mass is 362 g/mol. The van der Waals surface area contributed by atoms with Crippen molar-refractivity contribution in [1.29, 1.82) is 0 Å². The van der Waals surface area contributed by atoms with Crippen LogP contribution in [0.1, 0.15) is 19.8 Å². The van der Waals surface area contributed by atoms with Crippen molar-refractivity contribution in [2.24, 2.45) is 5.92 Å². The molecule has 2 rings (SSSR count). The van der Waals surface area contributed by atoms with E-state index >= 15 is 0 Å². The fourth-order valence-corrected chi connectivity index (χ4v) is 3.00. The van der Waals surface area contributed by atoms with Crippen LogP contribution in [0, 0.1) is 9.49 Å². The SMILES string of the molecule is CCNCC1CCCN(c2nc[nH]c(=O)c2I)C1. The molecule has 1 fully saturated rings. The van der Waals surface area contributed by atoms with Gasteiger partial charge in [-0.2, -0.15) is 0 Å². The molecule has 1 aromatic rings. The van der Waals surface area contributed by atoms with Gasteiger partial charge in [0, 0.05) is 13.1 Å². The molecule has 2 N–H and O–H groups in total. The van der Waals surface area contributed by atoms with Crippen molar-refractivity contribution in [1.82, 2.24) is 15.3 Å². The van der Waals surface area contributed by atoms with E-state index in [1.165, 1.54) is 19.2 Å². The van der Waals surface area contributed by atoms with Gasteiger partial charge in [0.25, 0.3) is 5.56 Å². The van der Waals surface area contributed by atoms with E-state index in [-0.39, 0.29) is 5.56 Å². The number of rotatable bonds is 4. The molecular formula is C12H19IN4O. The zero-order chi connectivity index (χ0) is 13.0. The fraction of sp³-hybridized carbons (Fsp3) is 0.667. The molecule has 1 unspecified atom stereocenters. The highest BCUT2D eigenvalue weighted by Gasteiger charge is 2.22. The van der Waals surface area contributed by atoms with Crippen molar-refractivity contribution < 1.29 is 0 Å². The van der Waals surface area contributed by atoms with Crippen LogP contribution in [0.5, 0.6) is 0 Å². The van der Waals surface area contributed by atoms with Crippen molar-refractivity contribution >= 4 is 28.4 Å². The average molecular weight is 362 g/mol. The Labute approximate surface area is 121 Å². The van der Waals surface area contributed by atoms with Crippen molar-refractivity contribution in [3.8, 4) is 0 Å². The first-order valence-corrected chi connectivity index (χ1v) is 7.49. The van der Waals surface area contributed by atoms with Gasteiger partial charge >= 0.3 is 0 Å². The smallest absolute Gasteiger partial charge is 0.266 e. The lowest BCUT2D eigenvalue weighted by Crippen LogP contribution is -2.41. The highest BCUT2D eigenvalue weighted by molar-refractivity contribution is 14.1. The molecule has 1 atom stereocenters. The first-order valence-electron chi connectivity index (χ1n) is 6.41. The summed E-state index contributed by atoms with van der Waals surface area (Å²) < 4.78 is 0.694. The summed E-state index contributed by atoms with van der Waals surface area (Å²) in [4.78, 5) is 20.8. The Balaban J connectivity index is 2.08. The molecule has 0 amide bonds. The van der Waals surface area contributed by atoms with Crippen LogP contribution in [0.25, 0.3) is 0 Å². The van der Waals surface area contributed by atoms with Crippen LogP contribution in [0.2, 0.25) is 0 Å². The van der Waals surface area contributed by atoms with Crippen LogP contribution in [0.4, 0.5) is 5.82 Å². The lowest BCUT2D eigenvalue weighted by atomic mass is 9.98. The molecule has 1 aromatic heterocycles. The maximum Gasteiger partial charge on any atom is 0.266 e. The van der Waals surface area contributed by atoms with Gasteiger partial charge in [-0.15, -0.1) is 0 Å². The largest absolute Gasteiger partial charge is 0.355 e. The summed E-state index contributed by atoms with van der Waals surface area (Å²) in [5.74, 6) is 1.48. The third kappa shape index (κ3) is 3.23. The molecule has 1 aliphatic heterocycles. The topological polar surface area (TPSA) is 61.0 Å². The molecule has 2 heterocycles. The van der Waals surface area contributed by atoms with Crippen molar-refractivity contribution in [2.75, 3.05) is 31.1 Å². The van der Waals surface area contributed by atoms with Crippen LogP contribution in [-0.2, 0) is 0 Å². The second-order valence-electron chi connectivity index (χ2n) is 4.63. The Morgan fingerprint density at radius 1 is 1.67 bits per heavy atom. The standard InChI is InChI=1S/C12H19IN4O/c1-2-14-6-9-4-3-5-17(7-9)11-10(13)12(18)16-8-15-11/h8-9,14H,2-7H2,1H3,(H,15,16,18). The molecule has 1 aliphatic rings. The van der Waals surface area contributed by atoms with E-state index in [9.17, 15) is 4.79 Å². The fourth-order valence-electron chi connectivity index (χ4n) is 2.37. The molecule has 0 saturated carbocycles. The highest BCUT2D eigenvalue weighted by atomic mass is 127. The van der Waals surface area contributed by atoms with Gasteiger partial charge in [0.1, 0.15) is 9.39 Å². The summed E-state index contributed by atoms with van der Waals surface area (Å²) in [7, 11) is 0. The van der Waals surface area contributed by atoms with Gasteiger partial charge in [-0.1, -0.05) is 6.92 Å². The summed E-state index contributed by atoms with van der Waals surface area (Å²) in [6.45, 7) is 6.17. The van der Waals surface area contributed by atoms with E-state index < -0.39 is 0 Å². The molecule has 1 saturated heterocycles. The van der Waals surface area contributed by atoms with Crippen molar-refractivity contribution in [3.05, 3.63) is 20.3 Å². The summed E-state index contributed by atoms with van der Waals surface area (Å²) >= 11 is 2.08. The minimum absolute atomic E-state index is 0.0468. The molecule has 0 radical (unpaired) electrons. The van der Waals surface area contributed by atoms with E-state index in [2.05, 4.69) is 49.7 Å². The molecule has 6 heteroatoms. The van der Waals surface area contributed by atoms with E-state index in [0.29, 0.717) is 9.49 Å².